The molecular weight excluding hydrogens is 504 g/mol. The number of allylic oxidation sites excluding steroid dienone is 3. The molecule has 0 saturated heterocycles. The Morgan fingerprint density at radius 3 is 2.45 bits per heavy atom. The van der Waals surface area contributed by atoms with Crippen molar-refractivity contribution in [1.29, 1.82) is 0 Å². The first-order valence-electron chi connectivity index (χ1n) is 13.7. The van der Waals surface area contributed by atoms with Crippen molar-refractivity contribution in [2.45, 2.75) is 72.1 Å². The number of esters is 1. The van der Waals surface area contributed by atoms with Crippen molar-refractivity contribution in [2.24, 2.45) is 17.0 Å². The van der Waals surface area contributed by atoms with Crippen LogP contribution in [0.2, 0.25) is 5.02 Å². The molecule has 38 heavy (non-hydrogen) atoms. The van der Waals surface area contributed by atoms with E-state index in [0.717, 1.165) is 31.2 Å². The van der Waals surface area contributed by atoms with Crippen molar-refractivity contribution >= 4 is 29.2 Å². The van der Waals surface area contributed by atoms with Crippen molar-refractivity contribution in [3.05, 3.63) is 52.1 Å². The summed E-state index contributed by atoms with van der Waals surface area (Å²) in [5, 5.41) is 15.0. The predicted molar refractivity (Wildman–Crippen MR) is 151 cm³/mol. The van der Waals surface area contributed by atoms with E-state index in [0.29, 0.717) is 48.2 Å². The number of fused-ring (bicyclic) bond motifs is 1. The van der Waals surface area contributed by atoms with Crippen LogP contribution in [0.15, 0.2) is 35.5 Å². The van der Waals surface area contributed by atoms with Gasteiger partial charge in [-0.3, -0.25) is 4.79 Å². The van der Waals surface area contributed by atoms with Gasteiger partial charge in [-0.1, -0.05) is 62.7 Å². The topological polar surface area (TPSA) is 88.4 Å². The van der Waals surface area contributed by atoms with Gasteiger partial charge in [0.15, 0.2) is 6.61 Å². The van der Waals surface area contributed by atoms with Crippen molar-refractivity contribution in [2.75, 3.05) is 26.3 Å². The summed E-state index contributed by atoms with van der Waals surface area (Å²) in [6.07, 6.45) is 12.2. The van der Waals surface area contributed by atoms with Crippen LogP contribution >= 0.6 is 11.6 Å². The average Bonchev–Trinajstić information content (AvgIpc) is 3.69. The van der Waals surface area contributed by atoms with E-state index in [-0.39, 0.29) is 42.2 Å². The maximum absolute atomic E-state index is 13.2. The number of phenolic OH excluding ortho intramolecular Hbond substituents is 1. The molecule has 0 aromatic heterocycles. The number of oxime groups is 1. The van der Waals surface area contributed by atoms with Gasteiger partial charge in [-0.2, -0.15) is 0 Å². The molecule has 1 aromatic rings. The third kappa shape index (κ3) is 8.90. The standard InChI is InChI=1S/C30H41ClN2O5/c1-20(2)17-33(18-21(3)4)27(35)19-38-32-23-11-9-7-5-6-8-10-14-37-30(36)28-24(22-12-13-22)16-26(34)29(31)25(28)15-23/h6,8-9,11,16,20-22,34H,5,7,10,12-15,17-19H2,1-4H3/b8-6+,11-9+,32-23-. The van der Waals surface area contributed by atoms with Gasteiger partial charge in [0.25, 0.3) is 5.91 Å². The summed E-state index contributed by atoms with van der Waals surface area (Å²) in [6.45, 7) is 9.70. The van der Waals surface area contributed by atoms with Crippen LogP contribution in [0.3, 0.4) is 0 Å². The Morgan fingerprint density at radius 1 is 1.13 bits per heavy atom. The van der Waals surface area contributed by atoms with E-state index in [1.54, 1.807) is 6.07 Å². The Kier molecular flexibility index (Phi) is 11.3. The van der Waals surface area contributed by atoms with Gasteiger partial charge in [0.1, 0.15) is 5.75 Å². The molecule has 2 aliphatic rings. The van der Waals surface area contributed by atoms with Crippen molar-refractivity contribution < 1.29 is 24.3 Å². The van der Waals surface area contributed by atoms with Gasteiger partial charge in [-0.25, -0.2) is 4.79 Å². The summed E-state index contributed by atoms with van der Waals surface area (Å²) in [5.41, 5.74) is 2.12. The zero-order valence-corrected chi connectivity index (χ0v) is 23.8. The minimum Gasteiger partial charge on any atom is -0.506 e. The van der Waals surface area contributed by atoms with E-state index in [9.17, 15) is 14.7 Å². The SMILES string of the molecule is CC(C)CN(CC(C)C)C(=O)CO/N=C1/C=C/CC/C=C/CCOC(=O)c2c(C3CC3)cc(O)c(Cl)c2C1. The molecule has 7 nitrogen and oxygen atoms in total. The number of benzene rings is 1. The summed E-state index contributed by atoms with van der Waals surface area (Å²) >= 11 is 6.56. The molecule has 1 fully saturated rings. The zero-order chi connectivity index (χ0) is 27.7. The Bertz CT molecular complexity index is 1060. The largest absolute Gasteiger partial charge is 0.506 e. The van der Waals surface area contributed by atoms with Crippen molar-refractivity contribution in [3.63, 3.8) is 0 Å². The highest BCUT2D eigenvalue weighted by Gasteiger charge is 2.33. The summed E-state index contributed by atoms with van der Waals surface area (Å²) in [4.78, 5) is 33.5. The van der Waals surface area contributed by atoms with Crippen molar-refractivity contribution in [3.8, 4) is 5.75 Å². The fourth-order valence-electron chi connectivity index (χ4n) is 4.51. The van der Waals surface area contributed by atoms with Crippen LogP contribution in [-0.4, -0.2) is 53.9 Å². The molecule has 1 heterocycles. The van der Waals surface area contributed by atoms with E-state index in [2.05, 4.69) is 38.9 Å². The molecule has 1 amide bonds. The molecule has 0 bridgehead atoms. The number of carbonyl (C=O) groups is 2. The Morgan fingerprint density at radius 2 is 1.79 bits per heavy atom. The second kappa shape index (κ2) is 14.4. The summed E-state index contributed by atoms with van der Waals surface area (Å²) in [7, 11) is 0. The minimum absolute atomic E-state index is 0.0680. The number of halogens is 1. The van der Waals surface area contributed by atoms with E-state index in [4.69, 9.17) is 21.2 Å². The Balaban J connectivity index is 1.91. The second-order valence-electron chi connectivity index (χ2n) is 10.9. The van der Waals surface area contributed by atoms with E-state index in [1.165, 1.54) is 0 Å². The third-order valence-corrected chi connectivity index (χ3v) is 6.76. The number of hydrogen-bond donors (Lipinski definition) is 1. The molecule has 1 saturated carbocycles. The van der Waals surface area contributed by atoms with E-state index in [1.807, 2.05) is 23.1 Å². The minimum atomic E-state index is -0.452. The van der Waals surface area contributed by atoms with Crippen LogP contribution in [0.1, 0.15) is 87.2 Å². The summed E-state index contributed by atoms with van der Waals surface area (Å²) in [6, 6.07) is 1.59. The number of carbonyl (C=O) groups excluding carboxylic acids is 2. The number of ether oxygens (including phenoxy) is 1. The highest BCUT2D eigenvalue weighted by atomic mass is 35.5. The van der Waals surface area contributed by atoms with Gasteiger partial charge in [0.05, 0.1) is 22.9 Å². The predicted octanol–water partition coefficient (Wildman–Crippen LogP) is 6.43. The lowest BCUT2D eigenvalue weighted by molar-refractivity contribution is -0.137. The molecule has 1 aliphatic heterocycles. The van der Waals surface area contributed by atoms with Crippen LogP contribution in [0.5, 0.6) is 5.75 Å². The van der Waals surface area contributed by atoms with Crippen LogP contribution in [0.4, 0.5) is 0 Å². The maximum atomic E-state index is 13.2. The number of hydrogen-bond acceptors (Lipinski definition) is 6. The second-order valence-corrected chi connectivity index (χ2v) is 11.3. The number of nitrogens with zero attached hydrogens (tertiary/aromatic N) is 2. The zero-order valence-electron chi connectivity index (χ0n) is 23.0. The monoisotopic (exact) mass is 544 g/mol. The number of cyclic esters (lactones) is 1. The smallest absolute Gasteiger partial charge is 0.338 e. The molecule has 8 heteroatoms. The van der Waals surface area contributed by atoms with E-state index >= 15 is 0 Å². The number of amides is 1. The fraction of sp³-hybridized carbons (Fsp3) is 0.567. The van der Waals surface area contributed by atoms with Gasteiger partial charge in [0, 0.05) is 19.5 Å². The van der Waals surface area contributed by atoms with Crippen LogP contribution in [0, 0.1) is 11.8 Å². The first kappa shape index (κ1) is 29.8. The summed E-state index contributed by atoms with van der Waals surface area (Å²) in [5.74, 6) is 0.228. The molecule has 0 atom stereocenters. The normalized spacial score (nSPS) is 19.6. The van der Waals surface area contributed by atoms with E-state index < -0.39 is 5.97 Å². The fourth-order valence-corrected chi connectivity index (χ4v) is 4.72. The molecular formula is C30H41ClN2O5. The molecule has 1 aromatic carbocycles. The van der Waals surface area contributed by atoms with Crippen molar-refractivity contribution in [1.82, 2.24) is 4.90 Å². The highest BCUT2D eigenvalue weighted by Crippen LogP contribution is 2.46. The Labute approximate surface area is 231 Å². The van der Waals surface area contributed by atoms with Gasteiger partial charge in [-0.15, -0.1) is 0 Å². The summed E-state index contributed by atoms with van der Waals surface area (Å²) < 4.78 is 5.59. The maximum Gasteiger partial charge on any atom is 0.338 e. The lowest BCUT2D eigenvalue weighted by Crippen LogP contribution is -2.39. The van der Waals surface area contributed by atoms with Gasteiger partial charge >= 0.3 is 5.97 Å². The number of aromatic hydroxyl groups is 1. The molecule has 1 aliphatic carbocycles. The van der Waals surface area contributed by atoms with Crippen LogP contribution in [0.25, 0.3) is 0 Å². The van der Waals surface area contributed by atoms with Gasteiger partial charge < -0.3 is 19.6 Å². The third-order valence-electron chi connectivity index (χ3n) is 6.34. The first-order chi connectivity index (χ1) is 18.2. The molecule has 0 unspecified atom stereocenters. The number of phenols is 1. The van der Waals surface area contributed by atoms with Gasteiger partial charge in [-0.05, 0) is 73.1 Å². The molecule has 0 spiro atoms. The van der Waals surface area contributed by atoms with Crippen LogP contribution in [-0.2, 0) is 20.8 Å². The number of rotatable bonds is 8. The molecule has 208 valence electrons. The average molecular weight is 545 g/mol. The molecule has 3 rings (SSSR count). The lowest BCUT2D eigenvalue weighted by Gasteiger charge is -2.25. The molecule has 1 N–H and O–H groups in total. The Hall–Kier alpha value is -2.80. The quantitative estimate of drug-likeness (QED) is 0.231. The molecule has 0 radical (unpaired) electrons. The highest BCUT2D eigenvalue weighted by molar-refractivity contribution is 6.33. The lowest BCUT2D eigenvalue weighted by atomic mass is 9.93. The first-order valence-corrected chi connectivity index (χ1v) is 14.0. The van der Waals surface area contributed by atoms with Crippen LogP contribution < -0.4 is 0 Å². The van der Waals surface area contributed by atoms with Gasteiger partial charge in [0.2, 0.25) is 0 Å².